The molecule has 0 saturated carbocycles. The lowest BCUT2D eigenvalue weighted by molar-refractivity contribution is -0.122. The first-order valence-electron chi connectivity index (χ1n) is 7.97. The largest absolute Gasteiger partial charge is 0.444 e. The summed E-state index contributed by atoms with van der Waals surface area (Å²) < 4.78 is 5.41. The number of anilines is 1. The average molecular weight is 333 g/mol. The van der Waals surface area contributed by atoms with Crippen molar-refractivity contribution >= 4 is 17.7 Å². The number of ether oxygens (including phenoxy) is 1. The van der Waals surface area contributed by atoms with E-state index in [1.807, 2.05) is 24.3 Å². The van der Waals surface area contributed by atoms with Gasteiger partial charge in [-0.2, -0.15) is 0 Å². The molecule has 2 amide bonds. The number of hydrogen-bond donors (Lipinski definition) is 3. The van der Waals surface area contributed by atoms with Crippen molar-refractivity contribution in [1.29, 1.82) is 0 Å². The van der Waals surface area contributed by atoms with E-state index >= 15 is 0 Å². The SMILES string of the molecule is CC(C)(C)OC(=O)N1C[C@@]2(C[C@H]1C(N)=O)c1ccccc1NC2O. The Balaban J connectivity index is 1.96. The van der Waals surface area contributed by atoms with Crippen LogP contribution in [0.15, 0.2) is 24.3 Å². The van der Waals surface area contributed by atoms with Crippen LogP contribution in [0.2, 0.25) is 0 Å². The minimum atomic E-state index is -0.899. The number of carbonyl (C=O) groups excluding carboxylic acids is 2. The third-order valence-corrected chi connectivity index (χ3v) is 4.62. The molecule has 1 spiro atoms. The summed E-state index contributed by atoms with van der Waals surface area (Å²) in [4.78, 5) is 25.8. The Morgan fingerprint density at radius 2 is 2.04 bits per heavy atom. The van der Waals surface area contributed by atoms with Gasteiger partial charge in [-0.3, -0.25) is 9.69 Å². The molecule has 0 bridgehead atoms. The van der Waals surface area contributed by atoms with Gasteiger partial charge in [-0.15, -0.1) is 0 Å². The second-order valence-corrected chi connectivity index (χ2v) is 7.48. The fraction of sp³-hybridized carbons (Fsp3) is 0.529. The van der Waals surface area contributed by atoms with Crippen LogP contribution in [0, 0.1) is 0 Å². The van der Waals surface area contributed by atoms with E-state index in [9.17, 15) is 14.7 Å². The van der Waals surface area contributed by atoms with Crippen molar-refractivity contribution in [3.8, 4) is 0 Å². The molecule has 2 aliphatic rings. The van der Waals surface area contributed by atoms with Crippen molar-refractivity contribution in [2.24, 2.45) is 5.73 Å². The molecule has 1 aromatic rings. The van der Waals surface area contributed by atoms with Crippen LogP contribution in [-0.2, 0) is 14.9 Å². The third-order valence-electron chi connectivity index (χ3n) is 4.62. The number of rotatable bonds is 1. The van der Waals surface area contributed by atoms with Gasteiger partial charge in [-0.25, -0.2) is 4.79 Å². The number of para-hydroxylation sites is 1. The number of fused-ring (bicyclic) bond motifs is 2. The molecule has 0 radical (unpaired) electrons. The van der Waals surface area contributed by atoms with Gasteiger partial charge in [-0.05, 0) is 38.8 Å². The van der Waals surface area contributed by atoms with Gasteiger partial charge in [0.05, 0.1) is 5.41 Å². The molecule has 3 atom stereocenters. The summed E-state index contributed by atoms with van der Waals surface area (Å²) >= 11 is 0. The number of benzene rings is 1. The van der Waals surface area contributed by atoms with Crippen LogP contribution in [0.4, 0.5) is 10.5 Å². The minimum Gasteiger partial charge on any atom is -0.444 e. The third kappa shape index (κ3) is 2.58. The number of nitrogens with two attached hydrogens (primary N) is 1. The van der Waals surface area contributed by atoms with Crippen LogP contribution in [0.1, 0.15) is 32.8 Å². The molecule has 24 heavy (non-hydrogen) atoms. The Morgan fingerprint density at radius 3 is 2.67 bits per heavy atom. The van der Waals surface area contributed by atoms with Crippen LogP contribution in [0.25, 0.3) is 0 Å². The summed E-state index contributed by atoms with van der Waals surface area (Å²) in [5, 5.41) is 13.6. The highest BCUT2D eigenvalue weighted by Crippen LogP contribution is 2.48. The number of primary amides is 1. The maximum Gasteiger partial charge on any atom is 0.411 e. The minimum absolute atomic E-state index is 0.167. The Bertz CT molecular complexity index is 685. The lowest BCUT2D eigenvalue weighted by Crippen LogP contribution is -2.46. The smallest absolute Gasteiger partial charge is 0.411 e. The van der Waals surface area contributed by atoms with Crippen molar-refractivity contribution in [2.45, 2.75) is 50.5 Å². The fourth-order valence-corrected chi connectivity index (χ4v) is 3.57. The summed E-state index contributed by atoms with van der Waals surface area (Å²) in [6, 6.07) is 6.68. The molecule has 2 heterocycles. The lowest BCUT2D eigenvalue weighted by atomic mass is 9.79. The summed E-state index contributed by atoms with van der Waals surface area (Å²) in [5.74, 6) is -0.602. The van der Waals surface area contributed by atoms with Gasteiger partial charge in [0.15, 0.2) is 0 Å². The van der Waals surface area contributed by atoms with E-state index in [4.69, 9.17) is 10.5 Å². The molecule has 3 rings (SSSR count). The first-order valence-corrected chi connectivity index (χ1v) is 7.97. The Hall–Kier alpha value is -2.28. The number of nitrogens with zero attached hydrogens (tertiary/aromatic N) is 1. The maximum absolute atomic E-state index is 12.5. The predicted molar refractivity (Wildman–Crippen MR) is 88.3 cm³/mol. The molecule has 1 fully saturated rings. The van der Waals surface area contributed by atoms with Gasteiger partial charge in [-0.1, -0.05) is 18.2 Å². The highest BCUT2D eigenvalue weighted by molar-refractivity contribution is 5.86. The van der Waals surface area contributed by atoms with Crippen LogP contribution in [0.3, 0.4) is 0 Å². The highest BCUT2D eigenvalue weighted by Gasteiger charge is 2.57. The Morgan fingerprint density at radius 1 is 1.38 bits per heavy atom. The summed E-state index contributed by atoms with van der Waals surface area (Å²) in [6.07, 6.45) is -1.24. The number of carbonyl (C=O) groups is 2. The van der Waals surface area contributed by atoms with Gasteiger partial charge in [0, 0.05) is 12.2 Å². The molecule has 2 aliphatic heterocycles. The van der Waals surface area contributed by atoms with Crippen molar-refractivity contribution in [3.63, 3.8) is 0 Å². The zero-order chi connectivity index (χ0) is 17.7. The second-order valence-electron chi connectivity index (χ2n) is 7.48. The lowest BCUT2D eigenvalue weighted by Gasteiger charge is -2.29. The standard InChI is InChI=1S/C17H23N3O4/c1-16(2,3)24-15(23)20-9-17(8-12(20)13(18)21)10-6-4-5-7-11(10)19-14(17)22/h4-7,12,14,19,22H,8-9H2,1-3H3,(H2,18,21)/t12-,14?,17-/m0/s1. The molecule has 1 aromatic carbocycles. The van der Waals surface area contributed by atoms with Crippen LogP contribution in [0.5, 0.6) is 0 Å². The quantitative estimate of drug-likeness (QED) is 0.715. The molecule has 0 aromatic heterocycles. The number of aliphatic hydroxyl groups excluding tert-OH is 1. The van der Waals surface area contributed by atoms with E-state index in [0.717, 1.165) is 11.3 Å². The number of likely N-dealkylation sites (tertiary alicyclic amines) is 1. The average Bonchev–Trinajstić information content (AvgIpc) is 2.99. The summed E-state index contributed by atoms with van der Waals surface area (Å²) in [6.45, 7) is 5.45. The Kier molecular flexibility index (Phi) is 3.71. The van der Waals surface area contributed by atoms with Crippen LogP contribution >= 0.6 is 0 Å². The molecule has 1 unspecified atom stereocenters. The molecule has 0 aliphatic carbocycles. The first kappa shape index (κ1) is 16.6. The number of aliphatic hydroxyl groups is 1. The van der Waals surface area contributed by atoms with E-state index in [-0.39, 0.29) is 13.0 Å². The van der Waals surface area contributed by atoms with Gasteiger partial charge >= 0.3 is 6.09 Å². The van der Waals surface area contributed by atoms with Crippen LogP contribution in [-0.4, -0.2) is 46.4 Å². The fourth-order valence-electron chi connectivity index (χ4n) is 3.57. The summed E-state index contributed by atoms with van der Waals surface area (Å²) in [5.41, 5.74) is 5.75. The van der Waals surface area contributed by atoms with Crippen molar-refractivity contribution < 1.29 is 19.4 Å². The molecule has 7 heteroatoms. The number of amides is 2. The zero-order valence-corrected chi connectivity index (χ0v) is 14.1. The Labute approximate surface area is 140 Å². The number of hydrogen-bond acceptors (Lipinski definition) is 5. The zero-order valence-electron chi connectivity index (χ0n) is 14.1. The van der Waals surface area contributed by atoms with E-state index in [0.29, 0.717) is 0 Å². The molecular formula is C17H23N3O4. The normalized spacial score (nSPS) is 28.6. The van der Waals surface area contributed by atoms with Crippen molar-refractivity contribution in [1.82, 2.24) is 4.90 Å². The predicted octanol–water partition coefficient (Wildman–Crippen LogP) is 1.16. The highest BCUT2D eigenvalue weighted by atomic mass is 16.6. The van der Waals surface area contributed by atoms with E-state index < -0.39 is 35.3 Å². The van der Waals surface area contributed by atoms with E-state index in [2.05, 4.69) is 5.32 Å². The maximum atomic E-state index is 12.5. The number of nitrogens with one attached hydrogen (secondary N) is 1. The van der Waals surface area contributed by atoms with Gasteiger partial charge < -0.3 is 20.9 Å². The second kappa shape index (κ2) is 5.37. The first-order chi connectivity index (χ1) is 11.1. The molecule has 130 valence electrons. The molecule has 4 N–H and O–H groups in total. The van der Waals surface area contributed by atoms with Crippen LogP contribution < -0.4 is 11.1 Å². The molecular weight excluding hydrogens is 310 g/mol. The van der Waals surface area contributed by atoms with Crippen molar-refractivity contribution in [2.75, 3.05) is 11.9 Å². The van der Waals surface area contributed by atoms with Crippen molar-refractivity contribution in [3.05, 3.63) is 29.8 Å². The van der Waals surface area contributed by atoms with Gasteiger partial charge in [0.2, 0.25) is 5.91 Å². The molecule has 7 nitrogen and oxygen atoms in total. The van der Waals surface area contributed by atoms with E-state index in [1.165, 1.54) is 4.90 Å². The van der Waals surface area contributed by atoms with Gasteiger partial charge in [0.25, 0.3) is 0 Å². The monoisotopic (exact) mass is 333 g/mol. The topological polar surface area (TPSA) is 105 Å². The van der Waals surface area contributed by atoms with Gasteiger partial charge in [0.1, 0.15) is 17.9 Å². The molecule has 1 saturated heterocycles. The summed E-state index contributed by atoms with van der Waals surface area (Å²) in [7, 11) is 0. The van der Waals surface area contributed by atoms with E-state index in [1.54, 1.807) is 20.8 Å².